The predicted octanol–water partition coefficient (Wildman–Crippen LogP) is 3.32. The van der Waals surface area contributed by atoms with Gasteiger partial charge in [-0.3, -0.25) is 9.59 Å². The quantitative estimate of drug-likeness (QED) is 0.814. The van der Waals surface area contributed by atoms with E-state index in [9.17, 15) is 9.59 Å². The van der Waals surface area contributed by atoms with Crippen molar-refractivity contribution in [2.45, 2.75) is 19.4 Å². The highest BCUT2D eigenvalue weighted by atomic mass is 16.5. The molecule has 2 aromatic rings. The molecular weight excluding hydrogens is 344 g/mol. The van der Waals surface area contributed by atoms with Gasteiger partial charge in [0.15, 0.2) is 0 Å². The number of nitrogens with one attached hydrogen (secondary N) is 1. The summed E-state index contributed by atoms with van der Waals surface area (Å²) >= 11 is 0. The van der Waals surface area contributed by atoms with E-state index in [0.29, 0.717) is 29.3 Å². The van der Waals surface area contributed by atoms with Gasteiger partial charge in [-0.1, -0.05) is 0 Å². The van der Waals surface area contributed by atoms with E-state index in [1.807, 2.05) is 12.1 Å². The number of amides is 2. The zero-order chi connectivity index (χ0) is 19.4. The normalized spacial score (nSPS) is 13.0. The predicted molar refractivity (Wildman–Crippen MR) is 103 cm³/mol. The zero-order valence-electron chi connectivity index (χ0n) is 15.8. The molecule has 1 fully saturated rings. The molecule has 1 N–H and O–H groups in total. The van der Waals surface area contributed by atoms with Gasteiger partial charge in [0.2, 0.25) is 5.91 Å². The average molecular weight is 368 g/mol. The Labute approximate surface area is 159 Å². The fourth-order valence-electron chi connectivity index (χ4n) is 2.82. The summed E-state index contributed by atoms with van der Waals surface area (Å²) in [5, 5.41) is 2.87. The van der Waals surface area contributed by atoms with Crippen LogP contribution in [0.25, 0.3) is 0 Å². The summed E-state index contributed by atoms with van der Waals surface area (Å²) < 4.78 is 10.6. The summed E-state index contributed by atoms with van der Waals surface area (Å²) in [5.74, 6) is 1.48. The van der Waals surface area contributed by atoms with Crippen LogP contribution in [0.2, 0.25) is 0 Å². The van der Waals surface area contributed by atoms with Crippen LogP contribution >= 0.6 is 0 Å². The standard InChI is InChI=1S/C21H24N2O4/c1-23(13-16-8-11-18(26-2)12-19(16)27-3)21(25)15-6-9-17(10-7-15)22-20(24)14-4-5-14/h6-12,14H,4-5,13H2,1-3H3,(H,22,24). The lowest BCUT2D eigenvalue weighted by atomic mass is 10.1. The van der Waals surface area contributed by atoms with Crippen LogP contribution in [0.5, 0.6) is 11.5 Å². The Morgan fingerprint density at radius 3 is 2.37 bits per heavy atom. The van der Waals surface area contributed by atoms with E-state index in [1.165, 1.54) is 0 Å². The number of methoxy groups -OCH3 is 2. The second-order valence-electron chi connectivity index (χ2n) is 6.68. The number of nitrogens with zero attached hydrogens (tertiary/aromatic N) is 1. The first-order valence-corrected chi connectivity index (χ1v) is 8.89. The molecule has 0 bridgehead atoms. The van der Waals surface area contributed by atoms with Crippen molar-refractivity contribution in [3.05, 3.63) is 53.6 Å². The Morgan fingerprint density at radius 1 is 1.07 bits per heavy atom. The average Bonchev–Trinajstić information content (AvgIpc) is 3.53. The molecule has 142 valence electrons. The SMILES string of the molecule is COc1ccc(CN(C)C(=O)c2ccc(NC(=O)C3CC3)cc2)c(OC)c1. The Morgan fingerprint density at radius 2 is 1.78 bits per heavy atom. The number of hydrogen-bond donors (Lipinski definition) is 1. The van der Waals surface area contributed by atoms with Crippen LogP contribution in [0.15, 0.2) is 42.5 Å². The van der Waals surface area contributed by atoms with Gasteiger partial charge in [0.25, 0.3) is 5.91 Å². The highest BCUT2D eigenvalue weighted by molar-refractivity contribution is 5.96. The molecule has 3 rings (SSSR count). The van der Waals surface area contributed by atoms with Gasteiger partial charge in [-0.2, -0.15) is 0 Å². The minimum Gasteiger partial charge on any atom is -0.497 e. The Bertz CT molecular complexity index is 829. The molecule has 6 heteroatoms. The van der Waals surface area contributed by atoms with Crippen molar-refractivity contribution in [1.82, 2.24) is 4.90 Å². The van der Waals surface area contributed by atoms with E-state index in [0.717, 1.165) is 18.4 Å². The first-order chi connectivity index (χ1) is 13.0. The van der Waals surface area contributed by atoms with E-state index in [1.54, 1.807) is 56.5 Å². The van der Waals surface area contributed by atoms with Gasteiger partial charge in [-0.25, -0.2) is 0 Å². The fraction of sp³-hybridized carbons (Fsp3) is 0.333. The van der Waals surface area contributed by atoms with Gasteiger partial charge < -0.3 is 19.7 Å². The zero-order valence-corrected chi connectivity index (χ0v) is 15.8. The molecule has 0 heterocycles. The van der Waals surface area contributed by atoms with Crippen molar-refractivity contribution in [3.8, 4) is 11.5 Å². The number of hydrogen-bond acceptors (Lipinski definition) is 4. The van der Waals surface area contributed by atoms with E-state index in [-0.39, 0.29) is 17.7 Å². The molecule has 6 nitrogen and oxygen atoms in total. The molecule has 0 aromatic heterocycles. The fourth-order valence-corrected chi connectivity index (χ4v) is 2.82. The summed E-state index contributed by atoms with van der Waals surface area (Å²) in [6.45, 7) is 0.409. The van der Waals surface area contributed by atoms with Crippen molar-refractivity contribution >= 4 is 17.5 Å². The number of rotatable bonds is 7. The maximum Gasteiger partial charge on any atom is 0.253 e. The number of anilines is 1. The van der Waals surface area contributed by atoms with E-state index >= 15 is 0 Å². The molecule has 2 amide bonds. The molecule has 2 aromatic carbocycles. The molecule has 0 radical (unpaired) electrons. The molecule has 0 aliphatic heterocycles. The molecule has 0 atom stereocenters. The third-order valence-corrected chi connectivity index (χ3v) is 4.60. The summed E-state index contributed by atoms with van der Waals surface area (Å²) in [6, 6.07) is 12.5. The monoisotopic (exact) mass is 368 g/mol. The van der Waals surface area contributed by atoms with Crippen LogP contribution in [0, 0.1) is 5.92 Å². The topological polar surface area (TPSA) is 67.9 Å². The van der Waals surface area contributed by atoms with Crippen molar-refractivity contribution in [1.29, 1.82) is 0 Å². The summed E-state index contributed by atoms with van der Waals surface area (Å²) in [4.78, 5) is 26.1. The third kappa shape index (κ3) is 4.58. The third-order valence-electron chi connectivity index (χ3n) is 4.60. The van der Waals surface area contributed by atoms with Crippen LogP contribution in [-0.2, 0) is 11.3 Å². The molecule has 1 aliphatic carbocycles. The smallest absolute Gasteiger partial charge is 0.253 e. The lowest BCUT2D eigenvalue weighted by molar-refractivity contribution is -0.117. The van der Waals surface area contributed by atoms with Crippen molar-refractivity contribution in [3.63, 3.8) is 0 Å². The van der Waals surface area contributed by atoms with E-state index in [2.05, 4.69) is 5.32 Å². The first kappa shape index (κ1) is 18.8. The summed E-state index contributed by atoms with van der Waals surface area (Å²) in [6.07, 6.45) is 1.92. The second-order valence-corrected chi connectivity index (χ2v) is 6.68. The number of carbonyl (C=O) groups excluding carboxylic acids is 2. The van der Waals surface area contributed by atoms with Crippen molar-refractivity contribution in [2.24, 2.45) is 5.92 Å². The van der Waals surface area contributed by atoms with E-state index in [4.69, 9.17) is 9.47 Å². The van der Waals surface area contributed by atoms with Crippen molar-refractivity contribution in [2.75, 3.05) is 26.6 Å². The molecule has 0 unspecified atom stereocenters. The molecule has 0 saturated heterocycles. The number of benzene rings is 2. The Hall–Kier alpha value is -3.02. The second kappa shape index (κ2) is 8.12. The summed E-state index contributed by atoms with van der Waals surface area (Å²) in [5.41, 5.74) is 2.17. The first-order valence-electron chi connectivity index (χ1n) is 8.89. The van der Waals surface area contributed by atoms with Crippen LogP contribution < -0.4 is 14.8 Å². The highest BCUT2D eigenvalue weighted by Gasteiger charge is 2.29. The molecule has 27 heavy (non-hydrogen) atoms. The Kier molecular flexibility index (Phi) is 5.64. The minimum absolute atomic E-state index is 0.0535. The molecule has 1 saturated carbocycles. The van der Waals surface area contributed by atoms with Gasteiger partial charge in [0, 0.05) is 42.4 Å². The van der Waals surface area contributed by atoms with Gasteiger partial charge in [-0.15, -0.1) is 0 Å². The van der Waals surface area contributed by atoms with Gasteiger partial charge in [-0.05, 0) is 49.2 Å². The lowest BCUT2D eigenvalue weighted by Crippen LogP contribution is -2.26. The summed E-state index contributed by atoms with van der Waals surface area (Å²) in [7, 11) is 4.93. The van der Waals surface area contributed by atoms with Crippen molar-refractivity contribution < 1.29 is 19.1 Å². The maximum absolute atomic E-state index is 12.7. The minimum atomic E-state index is -0.104. The largest absolute Gasteiger partial charge is 0.497 e. The lowest BCUT2D eigenvalue weighted by Gasteiger charge is -2.19. The Balaban J connectivity index is 1.65. The maximum atomic E-state index is 12.7. The van der Waals surface area contributed by atoms with Crippen LogP contribution in [-0.4, -0.2) is 38.0 Å². The molecular formula is C21H24N2O4. The van der Waals surface area contributed by atoms with Gasteiger partial charge in [0.1, 0.15) is 11.5 Å². The van der Waals surface area contributed by atoms with Crippen LogP contribution in [0.1, 0.15) is 28.8 Å². The molecule has 0 spiro atoms. The van der Waals surface area contributed by atoms with Crippen LogP contribution in [0.3, 0.4) is 0 Å². The van der Waals surface area contributed by atoms with Crippen LogP contribution in [0.4, 0.5) is 5.69 Å². The highest BCUT2D eigenvalue weighted by Crippen LogP contribution is 2.30. The number of carbonyl (C=O) groups is 2. The van der Waals surface area contributed by atoms with E-state index < -0.39 is 0 Å². The molecule has 1 aliphatic rings. The van der Waals surface area contributed by atoms with Gasteiger partial charge >= 0.3 is 0 Å². The van der Waals surface area contributed by atoms with Gasteiger partial charge in [0.05, 0.1) is 14.2 Å². The number of ether oxygens (including phenoxy) is 2.